The van der Waals surface area contributed by atoms with Gasteiger partial charge >= 0.3 is 0 Å². The first kappa shape index (κ1) is 20.7. The SMILES string of the molecule is CCCNC(N)=NCC(C(=O)N1CCOCC1)c1ccccc1.I. The summed E-state index contributed by atoms with van der Waals surface area (Å²) >= 11 is 0. The third-order valence-corrected chi connectivity index (χ3v) is 3.82. The summed E-state index contributed by atoms with van der Waals surface area (Å²) < 4.78 is 5.33. The second kappa shape index (κ2) is 11.2. The number of hydrogen-bond acceptors (Lipinski definition) is 3. The molecule has 0 radical (unpaired) electrons. The number of carbonyl (C=O) groups is 1. The highest BCUT2D eigenvalue weighted by Gasteiger charge is 2.27. The molecule has 1 amide bonds. The third-order valence-electron chi connectivity index (χ3n) is 3.82. The number of nitrogens with two attached hydrogens (primary N) is 1. The van der Waals surface area contributed by atoms with E-state index in [9.17, 15) is 4.79 Å². The van der Waals surface area contributed by atoms with Crippen LogP contribution in [0.5, 0.6) is 0 Å². The van der Waals surface area contributed by atoms with Crippen molar-refractivity contribution in [1.29, 1.82) is 0 Å². The fourth-order valence-electron chi connectivity index (χ4n) is 2.51. The molecule has 1 unspecified atom stereocenters. The summed E-state index contributed by atoms with van der Waals surface area (Å²) in [6.07, 6.45) is 0.977. The number of morpholine rings is 1. The number of halogens is 1. The van der Waals surface area contributed by atoms with Crippen LogP contribution >= 0.6 is 24.0 Å². The molecule has 7 heteroatoms. The lowest BCUT2D eigenvalue weighted by Gasteiger charge is -2.30. The summed E-state index contributed by atoms with van der Waals surface area (Å²) in [5.41, 5.74) is 6.83. The van der Waals surface area contributed by atoms with E-state index in [1.807, 2.05) is 35.2 Å². The van der Waals surface area contributed by atoms with Gasteiger partial charge in [-0.3, -0.25) is 9.79 Å². The molecule has 0 spiro atoms. The molecule has 6 nitrogen and oxygen atoms in total. The summed E-state index contributed by atoms with van der Waals surface area (Å²) in [7, 11) is 0. The highest BCUT2D eigenvalue weighted by molar-refractivity contribution is 14.0. The molecule has 1 aliphatic rings. The van der Waals surface area contributed by atoms with Crippen molar-refractivity contribution in [3.8, 4) is 0 Å². The van der Waals surface area contributed by atoms with Gasteiger partial charge < -0.3 is 20.7 Å². The Morgan fingerprint density at radius 2 is 2.00 bits per heavy atom. The average Bonchev–Trinajstić information content (AvgIpc) is 2.61. The van der Waals surface area contributed by atoms with Crippen LogP contribution in [0.15, 0.2) is 35.3 Å². The van der Waals surface area contributed by atoms with E-state index in [-0.39, 0.29) is 35.8 Å². The van der Waals surface area contributed by atoms with Gasteiger partial charge in [0.05, 0.1) is 25.7 Å². The van der Waals surface area contributed by atoms with Crippen LogP contribution in [0, 0.1) is 0 Å². The van der Waals surface area contributed by atoms with Crippen molar-refractivity contribution in [1.82, 2.24) is 10.2 Å². The quantitative estimate of drug-likeness (QED) is 0.395. The minimum atomic E-state index is -0.309. The first-order valence-electron chi connectivity index (χ1n) is 8.17. The van der Waals surface area contributed by atoms with Crippen LogP contribution in [0.2, 0.25) is 0 Å². The Bertz CT molecular complexity index is 519. The molecule has 0 saturated carbocycles. The summed E-state index contributed by atoms with van der Waals surface area (Å²) in [6, 6.07) is 9.76. The monoisotopic (exact) mass is 446 g/mol. The lowest BCUT2D eigenvalue weighted by Crippen LogP contribution is -2.44. The molecule has 0 aliphatic carbocycles. The van der Waals surface area contributed by atoms with Crippen LogP contribution < -0.4 is 11.1 Å². The van der Waals surface area contributed by atoms with E-state index in [1.165, 1.54) is 0 Å². The molecule has 1 aliphatic heterocycles. The molecule has 3 N–H and O–H groups in total. The standard InChI is InChI=1S/C17H26N4O2.HI/c1-2-8-19-17(18)20-13-15(14-6-4-3-5-7-14)16(22)21-9-11-23-12-10-21;/h3-7,15H,2,8-13H2,1H3,(H3,18,19,20);1H. The summed E-state index contributed by atoms with van der Waals surface area (Å²) in [5, 5.41) is 3.04. The number of nitrogens with zero attached hydrogens (tertiary/aromatic N) is 2. The van der Waals surface area contributed by atoms with Gasteiger partial charge in [0, 0.05) is 19.6 Å². The first-order chi connectivity index (χ1) is 11.2. The molecule has 1 heterocycles. The van der Waals surface area contributed by atoms with Crippen molar-refractivity contribution in [2.45, 2.75) is 19.3 Å². The maximum absolute atomic E-state index is 12.9. The van der Waals surface area contributed by atoms with E-state index in [2.05, 4.69) is 17.2 Å². The molecular weight excluding hydrogens is 419 g/mol. The number of carbonyl (C=O) groups excluding carboxylic acids is 1. The van der Waals surface area contributed by atoms with E-state index >= 15 is 0 Å². The molecular formula is C17H27IN4O2. The van der Waals surface area contributed by atoms with E-state index in [1.54, 1.807) is 0 Å². The van der Waals surface area contributed by atoms with Gasteiger partial charge in [-0.25, -0.2) is 0 Å². The Labute approximate surface area is 160 Å². The lowest BCUT2D eigenvalue weighted by atomic mass is 9.97. The van der Waals surface area contributed by atoms with Crippen molar-refractivity contribution >= 4 is 35.8 Å². The second-order valence-electron chi connectivity index (χ2n) is 5.55. The average molecular weight is 446 g/mol. The molecule has 134 valence electrons. The fourth-order valence-corrected chi connectivity index (χ4v) is 2.51. The van der Waals surface area contributed by atoms with Gasteiger partial charge in [0.2, 0.25) is 5.91 Å². The van der Waals surface area contributed by atoms with Crippen LogP contribution in [0.4, 0.5) is 0 Å². The summed E-state index contributed by atoms with van der Waals surface area (Å²) in [4.78, 5) is 19.1. The van der Waals surface area contributed by atoms with E-state index in [4.69, 9.17) is 10.5 Å². The molecule has 1 atom stereocenters. The largest absolute Gasteiger partial charge is 0.378 e. The molecule has 1 aromatic carbocycles. The topological polar surface area (TPSA) is 79.9 Å². The van der Waals surface area contributed by atoms with Gasteiger partial charge in [-0.15, -0.1) is 24.0 Å². The van der Waals surface area contributed by atoms with Gasteiger partial charge in [-0.2, -0.15) is 0 Å². The number of hydrogen-bond donors (Lipinski definition) is 2. The Hall–Kier alpha value is -1.35. The van der Waals surface area contributed by atoms with Crippen molar-refractivity contribution in [2.75, 3.05) is 39.4 Å². The van der Waals surface area contributed by atoms with Crippen molar-refractivity contribution < 1.29 is 9.53 Å². The normalized spacial score (nSPS) is 16.2. The van der Waals surface area contributed by atoms with E-state index < -0.39 is 0 Å². The fraction of sp³-hybridized carbons (Fsp3) is 0.529. The molecule has 1 fully saturated rings. The highest BCUT2D eigenvalue weighted by Crippen LogP contribution is 2.20. The predicted octanol–water partition coefficient (Wildman–Crippen LogP) is 1.56. The second-order valence-corrected chi connectivity index (χ2v) is 5.55. The molecule has 0 aromatic heterocycles. The van der Waals surface area contributed by atoms with Crippen LogP contribution in [0.1, 0.15) is 24.8 Å². The number of aliphatic imine (C=N–C) groups is 1. The summed E-state index contributed by atoms with van der Waals surface area (Å²) in [6.45, 7) is 5.65. The Kier molecular flexibility index (Phi) is 9.70. The zero-order chi connectivity index (χ0) is 16.5. The molecule has 24 heavy (non-hydrogen) atoms. The number of ether oxygens (including phenoxy) is 1. The number of amides is 1. The number of rotatable bonds is 6. The molecule has 2 rings (SSSR count). The highest BCUT2D eigenvalue weighted by atomic mass is 127. The van der Waals surface area contributed by atoms with Crippen molar-refractivity contribution in [3.05, 3.63) is 35.9 Å². The maximum atomic E-state index is 12.9. The Balaban J connectivity index is 0.00000288. The first-order valence-corrected chi connectivity index (χ1v) is 8.17. The van der Waals surface area contributed by atoms with Crippen LogP contribution in [-0.2, 0) is 9.53 Å². The number of nitrogens with one attached hydrogen (secondary N) is 1. The van der Waals surface area contributed by atoms with Gasteiger partial charge in [0.15, 0.2) is 5.96 Å². The number of guanidine groups is 1. The van der Waals surface area contributed by atoms with Crippen molar-refractivity contribution in [2.24, 2.45) is 10.7 Å². The minimum Gasteiger partial charge on any atom is -0.378 e. The zero-order valence-electron chi connectivity index (χ0n) is 14.1. The molecule has 0 bridgehead atoms. The summed E-state index contributed by atoms with van der Waals surface area (Å²) in [5.74, 6) is 0.172. The van der Waals surface area contributed by atoms with Crippen LogP contribution in [0.25, 0.3) is 0 Å². The van der Waals surface area contributed by atoms with Gasteiger partial charge in [-0.1, -0.05) is 37.3 Å². The molecule has 1 saturated heterocycles. The predicted molar refractivity (Wildman–Crippen MR) is 107 cm³/mol. The zero-order valence-corrected chi connectivity index (χ0v) is 16.4. The Morgan fingerprint density at radius 3 is 2.62 bits per heavy atom. The smallest absolute Gasteiger partial charge is 0.232 e. The van der Waals surface area contributed by atoms with Crippen molar-refractivity contribution in [3.63, 3.8) is 0 Å². The van der Waals surface area contributed by atoms with Crippen LogP contribution in [-0.4, -0.2) is 56.2 Å². The van der Waals surface area contributed by atoms with E-state index in [0.29, 0.717) is 38.8 Å². The lowest BCUT2D eigenvalue weighted by molar-refractivity contribution is -0.136. The maximum Gasteiger partial charge on any atom is 0.232 e. The molecule has 1 aromatic rings. The third kappa shape index (κ3) is 6.27. The van der Waals surface area contributed by atoms with Crippen LogP contribution in [0.3, 0.4) is 0 Å². The van der Waals surface area contributed by atoms with Gasteiger partial charge in [-0.05, 0) is 12.0 Å². The number of benzene rings is 1. The Morgan fingerprint density at radius 1 is 1.33 bits per heavy atom. The van der Waals surface area contributed by atoms with Gasteiger partial charge in [0.25, 0.3) is 0 Å². The minimum absolute atomic E-state index is 0. The van der Waals surface area contributed by atoms with E-state index in [0.717, 1.165) is 18.5 Å². The van der Waals surface area contributed by atoms with Gasteiger partial charge in [0.1, 0.15) is 0 Å².